The van der Waals surface area contributed by atoms with E-state index in [4.69, 9.17) is 0 Å². The van der Waals surface area contributed by atoms with E-state index in [2.05, 4.69) is 27.9 Å². The van der Waals surface area contributed by atoms with Crippen molar-refractivity contribution in [1.82, 2.24) is 0 Å². The van der Waals surface area contributed by atoms with E-state index < -0.39 is 5.76 Å². The number of para-hydroxylation sites is 1. The number of amides is 1. The van der Waals surface area contributed by atoms with Gasteiger partial charge in [-0.3, -0.25) is 4.79 Å². The number of nitrogens with one attached hydrogen (secondary N) is 1. The van der Waals surface area contributed by atoms with Crippen molar-refractivity contribution in [3.05, 3.63) is 44.2 Å². The molecule has 0 saturated carbocycles. The number of anilines is 1. The van der Waals surface area contributed by atoms with Gasteiger partial charge < -0.3 is 5.32 Å². The highest BCUT2D eigenvalue weighted by atomic mass is 127. The van der Waals surface area contributed by atoms with Crippen molar-refractivity contribution in [3.63, 3.8) is 0 Å². The molecule has 0 fully saturated rings. The average Bonchev–Trinajstić information content (AvgIpc) is 2.78. The van der Waals surface area contributed by atoms with Gasteiger partial charge in [-0.1, -0.05) is 23.9 Å². The molecular formula is C12H8F2INOS2. The number of halogens is 3. The molecule has 1 aromatic heterocycles. The molecule has 2 aromatic rings. The van der Waals surface area contributed by atoms with Crippen LogP contribution in [0.2, 0.25) is 0 Å². The Hall–Kier alpha value is -0.670. The van der Waals surface area contributed by atoms with Crippen LogP contribution < -0.4 is 5.32 Å². The van der Waals surface area contributed by atoms with Crippen molar-refractivity contribution in [2.24, 2.45) is 0 Å². The first-order chi connectivity index (χ1) is 9.06. The number of hydrogen-bond acceptors (Lipinski definition) is 3. The van der Waals surface area contributed by atoms with Crippen LogP contribution in [0.1, 0.15) is 10.4 Å². The zero-order valence-electron chi connectivity index (χ0n) is 9.40. The predicted molar refractivity (Wildman–Crippen MR) is 83.3 cm³/mol. The van der Waals surface area contributed by atoms with Crippen LogP contribution >= 0.6 is 45.7 Å². The fourth-order valence-electron chi connectivity index (χ4n) is 1.39. The summed E-state index contributed by atoms with van der Waals surface area (Å²) in [6.45, 7) is 0. The maximum Gasteiger partial charge on any atom is 0.288 e. The molecule has 1 N–H and O–H groups in total. The van der Waals surface area contributed by atoms with Gasteiger partial charge in [0, 0.05) is 10.3 Å². The van der Waals surface area contributed by atoms with Crippen molar-refractivity contribution in [2.75, 3.05) is 5.32 Å². The van der Waals surface area contributed by atoms with Crippen LogP contribution in [-0.4, -0.2) is 11.7 Å². The van der Waals surface area contributed by atoms with E-state index in [-0.39, 0.29) is 5.91 Å². The first-order valence-corrected chi connectivity index (χ1v) is 7.99. The Morgan fingerprint density at radius 1 is 1.37 bits per heavy atom. The molecule has 0 spiro atoms. The summed E-state index contributed by atoms with van der Waals surface area (Å²) < 4.78 is 25.8. The van der Waals surface area contributed by atoms with Gasteiger partial charge in [0.2, 0.25) is 0 Å². The first-order valence-electron chi connectivity index (χ1n) is 5.15. The summed E-state index contributed by atoms with van der Waals surface area (Å²) in [5.74, 6) is -2.80. The Morgan fingerprint density at radius 2 is 2.11 bits per heavy atom. The second kappa shape index (κ2) is 6.67. The summed E-state index contributed by atoms with van der Waals surface area (Å²) in [5, 5.41) is 4.39. The van der Waals surface area contributed by atoms with Gasteiger partial charge in [0.1, 0.15) is 0 Å². The minimum absolute atomic E-state index is 0.290. The summed E-state index contributed by atoms with van der Waals surface area (Å²) in [4.78, 5) is 12.3. The maximum absolute atomic E-state index is 12.4. The van der Waals surface area contributed by atoms with Crippen LogP contribution in [0.3, 0.4) is 0 Å². The lowest BCUT2D eigenvalue weighted by atomic mass is 10.3. The van der Waals surface area contributed by atoms with E-state index >= 15 is 0 Å². The molecular weight excluding hydrogens is 403 g/mol. The van der Waals surface area contributed by atoms with Gasteiger partial charge in [-0.2, -0.15) is 8.78 Å². The molecule has 7 heteroatoms. The van der Waals surface area contributed by atoms with E-state index in [1.165, 1.54) is 11.3 Å². The predicted octanol–water partition coefficient (Wildman–Crippen LogP) is 4.92. The molecule has 2 rings (SSSR count). The number of carbonyl (C=O) groups is 1. The zero-order valence-corrected chi connectivity index (χ0v) is 13.2. The highest BCUT2D eigenvalue weighted by Gasteiger charge is 2.13. The zero-order chi connectivity index (χ0) is 13.8. The van der Waals surface area contributed by atoms with Gasteiger partial charge >= 0.3 is 0 Å². The van der Waals surface area contributed by atoms with Gasteiger partial charge in [0.25, 0.3) is 11.7 Å². The third-order valence-electron chi connectivity index (χ3n) is 2.18. The molecule has 2 nitrogen and oxygen atoms in total. The van der Waals surface area contributed by atoms with Crippen LogP contribution in [0, 0.1) is 2.88 Å². The second-order valence-corrected chi connectivity index (χ2v) is 7.31. The summed E-state index contributed by atoms with van der Waals surface area (Å²) >= 11 is 4.00. The van der Waals surface area contributed by atoms with Crippen LogP contribution in [0.4, 0.5) is 14.5 Å². The highest BCUT2D eigenvalue weighted by molar-refractivity contribution is 14.1. The molecule has 19 heavy (non-hydrogen) atoms. The molecule has 0 aliphatic heterocycles. The van der Waals surface area contributed by atoms with Gasteiger partial charge in [-0.25, -0.2) is 0 Å². The normalized spacial score (nSPS) is 10.7. The molecule has 1 heterocycles. The number of rotatable bonds is 4. The standard InChI is InChI=1S/C12H8F2INOS2/c13-12(14)19-9-4-2-1-3-8(9)16-11(17)7-5-10(15)18-6-7/h1-6,12H,(H,16,17). The molecule has 0 unspecified atom stereocenters. The fourth-order valence-corrected chi connectivity index (χ4v) is 3.31. The Kier molecular flexibility index (Phi) is 5.17. The van der Waals surface area contributed by atoms with Crippen molar-refractivity contribution in [1.29, 1.82) is 0 Å². The van der Waals surface area contributed by atoms with Gasteiger partial charge in [-0.05, 0) is 40.8 Å². The van der Waals surface area contributed by atoms with Crippen LogP contribution in [0.5, 0.6) is 0 Å². The number of benzene rings is 1. The van der Waals surface area contributed by atoms with Gasteiger partial charge in [0.05, 0.1) is 14.1 Å². The third kappa shape index (κ3) is 4.15. The van der Waals surface area contributed by atoms with Crippen LogP contribution in [0.15, 0.2) is 40.6 Å². The van der Waals surface area contributed by atoms with Crippen LogP contribution in [-0.2, 0) is 0 Å². The molecule has 100 valence electrons. The van der Waals surface area contributed by atoms with E-state index in [0.29, 0.717) is 27.9 Å². The van der Waals surface area contributed by atoms with E-state index in [1.807, 2.05) is 0 Å². The number of hydrogen-bond donors (Lipinski definition) is 1. The second-order valence-electron chi connectivity index (χ2n) is 3.47. The molecule has 0 saturated heterocycles. The van der Waals surface area contributed by atoms with Gasteiger partial charge in [-0.15, -0.1) is 11.3 Å². The molecule has 1 aromatic carbocycles. The van der Waals surface area contributed by atoms with E-state index in [1.54, 1.807) is 35.7 Å². The topological polar surface area (TPSA) is 29.1 Å². The van der Waals surface area contributed by atoms with Gasteiger partial charge in [0.15, 0.2) is 0 Å². The molecule has 0 radical (unpaired) electrons. The molecule has 1 amide bonds. The summed E-state index contributed by atoms with van der Waals surface area (Å²) in [6.07, 6.45) is 0. The molecule has 0 aliphatic carbocycles. The lowest BCUT2D eigenvalue weighted by molar-refractivity contribution is 0.102. The Morgan fingerprint density at radius 3 is 2.74 bits per heavy atom. The Bertz CT molecular complexity index is 589. The smallest absolute Gasteiger partial charge is 0.288 e. The minimum atomic E-state index is -2.51. The number of carbonyl (C=O) groups excluding carboxylic acids is 1. The third-order valence-corrected chi connectivity index (χ3v) is 4.76. The number of thiophene rings is 1. The Balaban J connectivity index is 2.16. The van der Waals surface area contributed by atoms with Crippen molar-refractivity contribution >= 4 is 57.3 Å². The minimum Gasteiger partial charge on any atom is -0.321 e. The summed E-state index contributed by atoms with van der Waals surface area (Å²) in [7, 11) is 0. The molecule has 0 aliphatic rings. The quantitative estimate of drug-likeness (QED) is 0.572. The monoisotopic (exact) mass is 411 g/mol. The molecule has 0 atom stereocenters. The summed E-state index contributed by atoms with van der Waals surface area (Å²) in [6, 6.07) is 8.28. The largest absolute Gasteiger partial charge is 0.321 e. The lowest BCUT2D eigenvalue weighted by Crippen LogP contribution is -2.11. The van der Waals surface area contributed by atoms with Crippen LogP contribution in [0.25, 0.3) is 0 Å². The lowest BCUT2D eigenvalue weighted by Gasteiger charge is -2.09. The first kappa shape index (κ1) is 14.7. The van der Waals surface area contributed by atoms with Crippen molar-refractivity contribution in [3.8, 4) is 0 Å². The fraction of sp³-hybridized carbons (Fsp3) is 0.0833. The average molecular weight is 411 g/mol. The Labute approximate surface area is 130 Å². The maximum atomic E-state index is 12.4. The summed E-state index contributed by atoms with van der Waals surface area (Å²) in [5.41, 5.74) is 0.935. The van der Waals surface area contributed by atoms with E-state index in [0.717, 1.165) is 2.88 Å². The highest BCUT2D eigenvalue weighted by Crippen LogP contribution is 2.32. The van der Waals surface area contributed by atoms with Crippen molar-refractivity contribution in [2.45, 2.75) is 10.7 Å². The number of alkyl halides is 2. The van der Waals surface area contributed by atoms with E-state index in [9.17, 15) is 13.6 Å². The SMILES string of the molecule is O=C(Nc1ccccc1SC(F)F)c1csc(I)c1. The number of thioether (sulfide) groups is 1. The molecule has 0 bridgehead atoms. The van der Waals surface area contributed by atoms with Crippen molar-refractivity contribution < 1.29 is 13.6 Å².